The molecule has 3 nitrogen and oxygen atoms in total. The van der Waals surface area contributed by atoms with Gasteiger partial charge in [0.05, 0.1) is 6.10 Å². The Hall–Kier alpha value is -0.570. The molecule has 3 heteroatoms. The van der Waals surface area contributed by atoms with Crippen LogP contribution in [0.25, 0.3) is 0 Å². The lowest BCUT2D eigenvalue weighted by molar-refractivity contribution is -0.309. The molecule has 0 saturated heterocycles. The van der Waals surface area contributed by atoms with E-state index in [4.69, 9.17) is 4.74 Å². The molecule has 2 unspecified atom stereocenters. The van der Waals surface area contributed by atoms with Gasteiger partial charge in [-0.15, -0.1) is 0 Å². The van der Waals surface area contributed by atoms with Gasteiger partial charge in [-0.3, -0.25) is 0 Å². The highest BCUT2D eigenvalue weighted by atomic mass is 16.5. The van der Waals surface area contributed by atoms with Gasteiger partial charge in [0.1, 0.15) is 0 Å². The second-order valence-electron chi connectivity index (χ2n) is 3.27. The van der Waals surface area contributed by atoms with Crippen LogP contribution in [0.15, 0.2) is 0 Å². The van der Waals surface area contributed by atoms with Gasteiger partial charge in [0.25, 0.3) is 0 Å². The lowest BCUT2D eigenvalue weighted by Gasteiger charge is -2.00. The molecule has 1 saturated carbocycles. The minimum absolute atomic E-state index is 0.155. The highest BCUT2D eigenvalue weighted by molar-refractivity contribution is 5.74. The van der Waals surface area contributed by atoms with Crippen LogP contribution in [0.2, 0.25) is 0 Å². The highest BCUT2D eigenvalue weighted by Gasteiger charge is 2.59. The summed E-state index contributed by atoms with van der Waals surface area (Å²) in [5.41, 5.74) is -0.229. The number of hydrogen-bond acceptors (Lipinski definition) is 3. The Labute approximate surface area is 60.0 Å². The zero-order chi connectivity index (χ0) is 7.94. The Kier molecular flexibility index (Phi) is 1.47. The van der Waals surface area contributed by atoms with Crippen LogP contribution >= 0.6 is 0 Å². The summed E-state index contributed by atoms with van der Waals surface area (Å²) in [6.45, 7) is 3.73. The molecule has 2 atom stereocenters. The normalized spacial score (nSPS) is 35.5. The van der Waals surface area contributed by atoms with Gasteiger partial charge in [0.15, 0.2) is 0 Å². The first kappa shape index (κ1) is 7.54. The van der Waals surface area contributed by atoms with E-state index in [-0.39, 0.29) is 11.5 Å². The molecule has 0 bridgehead atoms. The van der Waals surface area contributed by atoms with Gasteiger partial charge in [-0.1, -0.05) is 13.8 Å². The molecule has 10 heavy (non-hydrogen) atoms. The number of aliphatic carboxylic acids is 1. The summed E-state index contributed by atoms with van der Waals surface area (Å²) in [6, 6.07) is 0. The molecule has 0 aromatic carbocycles. The van der Waals surface area contributed by atoms with Gasteiger partial charge < -0.3 is 14.6 Å². The standard InChI is InChI=1S/C7H12O3/c1-7(2)4(6(8)9)5(7)10-3/h4-5H,1-3H3,(H,8,9)/p-1. The Balaban J connectivity index is 2.61. The van der Waals surface area contributed by atoms with Crippen molar-refractivity contribution in [2.75, 3.05) is 7.11 Å². The molecule has 0 amide bonds. The summed E-state index contributed by atoms with van der Waals surface area (Å²) in [4.78, 5) is 10.4. The maximum atomic E-state index is 10.4. The van der Waals surface area contributed by atoms with Crippen molar-refractivity contribution < 1.29 is 14.6 Å². The van der Waals surface area contributed by atoms with Crippen molar-refractivity contribution in [3.63, 3.8) is 0 Å². The van der Waals surface area contributed by atoms with E-state index in [1.807, 2.05) is 13.8 Å². The third-order valence-corrected chi connectivity index (χ3v) is 2.24. The molecule has 0 heterocycles. The van der Waals surface area contributed by atoms with Gasteiger partial charge in [-0.05, 0) is 0 Å². The third-order valence-electron chi connectivity index (χ3n) is 2.24. The van der Waals surface area contributed by atoms with E-state index in [0.29, 0.717) is 0 Å². The van der Waals surface area contributed by atoms with E-state index in [9.17, 15) is 9.90 Å². The number of ether oxygens (including phenoxy) is 1. The fraction of sp³-hybridized carbons (Fsp3) is 0.857. The fourth-order valence-electron chi connectivity index (χ4n) is 1.46. The monoisotopic (exact) mass is 143 g/mol. The molecule has 0 aromatic heterocycles. The quantitative estimate of drug-likeness (QED) is 0.519. The number of methoxy groups -OCH3 is 1. The van der Waals surface area contributed by atoms with Gasteiger partial charge in [0.2, 0.25) is 0 Å². The number of carbonyl (C=O) groups excluding carboxylic acids is 1. The molecule has 0 spiro atoms. The number of hydrogen-bond donors (Lipinski definition) is 0. The Bertz CT molecular complexity index is 162. The Morgan fingerprint density at radius 2 is 2.10 bits per heavy atom. The van der Waals surface area contributed by atoms with Gasteiger partial charge in [-0.2, -0.15) is 0 Å². The smallest absolute Gasteiger partial charge is 0.0715 e. The van der Waals surface area contributed by atoms with Gasteiger partial charge >= 0.3 is 0 Å². The average molecular weight is 143 g/mol. The Morgan fingerprint density at radius 1 is 1.60 bits per heavy atom. The topological polar surface area (TPSA) is 49.4 Å². The molecule has 1 fully saturated rings. The highest BCUT2D eigenvalue weighted by Crippen LogP contribution is 2.53. The summed E-state index contributed by atoms with van der Waals surface area (Å²) < 4.78 is 4.93. The average Bonchev–Trinajstić information content (AvgIpc) is 2.33. The van der Waals surface area contributed by atoms with E-state index in [0.717, 1.165) is 0 Å². The van der Waals surface area contributed by atoms with Crippen LogP contribution in [0, 0.1) is 11.3 Å². The van der Waals surface area contributed by atoms with Crippen LogP contribution in [-0.4, -0.2) is 19.2 Å². The van der Waals surface area contributed by atoms with Gasteiger partial charge in [-0.25, -0.2) is 0 Å². The summed E-state index contributed by atoms with van der Waals surface area (Å²) in [5, 5.41) is 10.4. The fourth-order valence-corrected chi connectivity index (χ4v) is 1.46. The zero-order valence-electron chi connectivity index (χ0n) is 6.38. The molecular weight excluding hydrogens is 132 g/mol. The maximum absolute atomic E-state index is 10.4. The maximum Gasteiger partial charge on any atom is 0.0715 e. The van der Waals surface area contributed by atoms with Crippen LogP contribution in [0.1, 0.15) is 13.8 Å². The molecule has 0 aliphatic heterocycles. The van der Waals surface area contributed by atoms with Crippen molar-refractivity contribution in [2.45, 2.75) is 20.0 Å². The van der Waals surface area contributed by atoms with Crippen LogP contribution in [0.5, 0.6) is 0 Å². The third kappa shape index (κ3) is 0.814. The van der Waals surface area contributed by atoms with Crippen molar-refractivity contribution in [3.8, 4) is 0 Å². The van der Waals surface area contributed by atoms with Crippen LogP contribution in [-0.2, 0) is 9.53 Å². The molecule has 0 aromatic rings. The molecule has 1 aliphatic rings. The lowest BCUT2D eigenvalue weighted by Crippen LogP contribution is -2.27. The summed E-state index contributed by atoms with van der Waals surface area (Å²) in [7, 11) is 1.52. The molecule has 58 valence electrons. The second-order valence-corrected chi connectivity index (χ2v) is 3.27. The van der Waals surface area contributed by atoms with Crippen LogP contribution in [0.4, 0.5) is 0 Å². The number of carboxylic acids is 1. The minimum Gasteiger partial charge on any atom is -0.550 e. The van der Waals surface area contributed by atoms with Crippen molar-refractivity contribution >= 4 is 5.97 Å². The van der Waals surface area contributed by atoms with E-state index in [2.05, 4.69) is 0 Å². The van der Waals surface area contributed by atoms with Crippen molar-refractivity contribution in [1.29, 1.82) is 0 Å². The van der Waals surface area contributed by atoms with Crippen LogP contribution in [0.3, 0.4) is 0 Å². The first-order valence-corrected chi connectivity index (χ1v) is 3.25. The summed E-state index contributed by atoms with van der Waals surface area (Å²) >= 11 is 0. The van der Waals surface area contributed by atoms with E-state index >= 15 is 0 Å². The SMILES string of the molecule is COC1C(C(=O)[O-])C1(C)C. The molecular formula is C7H11O3-. The van der Waals surface area contributed by atoms with Crippen molar-refractivity contribution in [2.24, 2.45) is 11.3 Å². The van der Waals surface area contributed by atoms with Crippen molar-refractivity contribution in [1.82, 2.24) is 0 Å². The second kappa shape index (κ2) is 1.95. The minimum atomic E-state index is -1.00. The van der Waals surface area contributed by atoms with E-state index in [1.165, 1.54) is 7.11 Å². The Morgan fingerprint density at radius 3 is 2.20 bits per heavy atom. The summed E-state index contributed by atoms with van der Waals surface area (Å²) in [5.74, 6) is -1.42. The lowest BCUT2D eigenvalue weighted by atomic mass is 10.1. The first-order chi connectivity index (χ1) is 4.51. The molecule has 1 rings (SSSR count). The predicted octanol–water partition coefficient (Wildman–Crippen LogP) is -0.593. The van der Waals surface area contributed by atoms with Gasteiger partial charge in [0, 0.05) is 24.4 Å². The largest absolute Gasteiger partial charge is 0.550 e. The molecule has 0 radical (unpaired) electrons. The van der Waals surface area contributed by atoms with Crippen molar-refractivity contribution in [3.05, 3.63) is 0 Å². The predicted molar refractivity (Wildman–Crippen MR) is 33.1 cm³/mol. The summed E-state index contributed by atoms with van der Waals surface area (Å²) in [6.07, 6.45) is -0.155. The zero-order valence-corrected chi connectivity index (χ0v) is 6.38. The first-order valence-electron chi connectivity index (χ1n) is 3.25. The number of carboxylic acid groups (broad SMARTS) is 1. The van der Waals surface area contributed by atoms with Crippen LogP contribution < -0.4 is 5.11 Å². The molecule has 1 aliphatic carbocycles. The molecule has 0 N–H and O–H groups in total. The number of rotatable bonds is 2. The van der Waals surface area contributed by atoms with E-state index in [1.54, 1.807) is 0 Å². The van der Waals surface area contributed by atoms with E-state index < -0.39 is 11.9 Å². The number of carbonyl (C=O) groups is 1.